The van der Waals surface area contributed by atoms with Crippen molar-refractivity contribution in [3.05, 3.63) is 24.3 Å². The Labute approximate surface area is 118 Å². The lowest BCUT2D eigenvalue weighted by Crippen LogP contribution is -2.24. The SMILES string of the molecule is c1ccc2nc(N[C@H]3CCNC3)c(NC3CC3)nc2c1. The number of hydrogen-bond donors (Lipinski definition) is 3. The molecule has 104 valence electrons. The van der Waals surface area contributed by atoms with E-state index in [1.807, 2.05) is 24.3 Å². The van der Waals surface area contributed by atoms with Crippen molar-refractivity contribution in [2.75, 3.05) is 23.7 Å². The fourth-order valence-corrected chi connectivity index (χ4v) is 2.59. The van der Waals surface area contributed by atoms with E-state index in [-0.39, 0.29) is 0 Å². The second-order valence-electron chi connectivity index (χ2n) is 5.66. The molecule has 20 heavy (non-hydrogen) atoms. The molecule has 2 fully saturated rings. The maximum Gasteiger partial charge on any atom is 0.170 e. The number of hydrogen-bond acceptors (Lipinski definition) is 5. The van der Waals surface area contributed by atoms with Crippen LogP contribution >= 0.6 is 0 Å². The average molecular weight is 269 g/mol. The Morgan fingerprint density at radius 2 is 1.55 bits per heavy atom. The van der Waals surface area contributed by atoms with Crippen LogP contribution in [0.1, 0.15) is 19.3 Å². The summed E-state index contributed by atoms with van der Waals surface area (Å²) < 4.78 is 0. The third kappa shape index (κ3) is 2.41. The summed E-state index contributed by atoms with van der Waals surface area (Å²) in [6.45, 7) is 2.07. The molecule has 1 aromatic carbocycles. The van der Waals surface area contributed by atoms with E-state index in [1.165, 1.54) is 12.8 Å². The van der Waals surface area contributed by atoms with Crippen LogP contribution in [-0.2, 0) is 0 Å². The van der Waals surface area contributed by atoms with Gasteiger partial charge < -0.3 is 16.0 Å². The summed E-state index contributed by atoms with van der Waals surface area (Å²) in [7, 11) is 0. The molecular formula is C15H19N5. The van der Waals surface area contributed by atoms with Gasteiger partial charge in [-0.1, -0.05) is 12.1 Å². The minimum absolute atomic E-state index is 0.449. The molecule has 0 amide bonds. The second-order valence-corrected chi connectivity index (χ2v) is 5.66. The van der Waals surface area contributed by atoms with Crippen LogP contribution in [0.4, 0.5) is 11.6 Å². The highest BCUT2D eigenvalue weighted by molar-refractivity contribution is 5.80. The monoisotopic (exact) mass is 269 g/mol. The minimum atomic E-state index is 0.449. The van der Waals surface area contributed by atoms with Crippen molar-refractivity contribution in [1.29, 1.82) is 0 Å². The van der Waals surface area contributed by atoms with Crippen LogP contribution in [0.2, 0.25) is 0 Å². The molecule has 5 heteroatoms. The second kappa shape index (κ2) is 4.90. The van der Waals surface area contributed by atoms with E-state index < -0.39 is 0 Å². The van der Waals surface area contributed by atoms with E-state index in [2.05, 4.69) is 16.0 Å². The summed E-state index contributed by atoms with van der Waals surface area (Å²) in [5, 5.41) is 10.4. The standard InChI is InChI=1S/C15H19N5/c1-2-4-13-12(3-1)19-14(17-10-5-6-10)15(20-13)18-11-7-8-16-9-11/h1-4,10-11,16H,5-9H2,(H,17,19)(H,18,20)/t11-/m0/s1. The molecule has 2 heterocycles. The van der Waals surface area contributed by atoms with Gasteiger partial charge in [0.2, 0.25) is 0 Å². The summed E-state index contributed by atoms with van der Waals surface area (Å²) in [5.41, 5.74) is 1.90. The number of nitrogens with one attached hydrogen (secondary N) is 3. The minimum Gasteiger partial charge on any atom is -0.364 e. The molecule has 1 saturated heterocycles. The zero-order valence-corrected chi connectivity index (χ0v) is 11.4. The molecule has 1 aliphatic carbocycles. The van der Waals surface area contributed by atoms with Gasteiger partial charge in [-0.2, -0.15) is 0 Å². The Hall–Kier alpha value is -1.88. The van der Waals surface area contributed by atoms with Crippen LogP contribution in [0.5, 0.6) is 0 Å². The van der Waals surface area contributed by atoms with Crippen molar-refractivity contribution in [1.82, 2.24) is 15.3 Å². The predicted octanol–water partition coefficient (Wildman–Crippen LogP) is 1.98. The molecule has 1 atom stereocenters. The van der Waals surface area contributed by atoms with Gasteiger partial charge in [0, 0.05) is 18.6 Å². The number of para-hydroxylation sites is 2. The lowest BCUT2D eigenvalue weighted by molar-refractivity contribution is 0.788. The zero-order chi connectivity index (χ0) is 13.4. The Bertz CT molecular complexity index is 617. The van der Waals surface area contributed by atoms with Crippen molar-refractivity contribution in [3.63, 3.8) is 0 Å². The maximum absolute atomic E-state index is 4.76. The molecule has 4 rings (SSSR count). The number of fused-ring (bicyclic) bond motifs is 1. The normalized spacial score (nSPS) is 22.1. The molecule has 0 radical (unpaired) electrons. The Kier molecular flexibility index (Phi) is 2.92. The van der Waals surface area contributed by atoms with Crippen molar-refractivity contribution in [2.24, 2.45) is 0 Å². The quantitative estimate of drug-likeness (QED) is 0.792. The summed E-state index contributed by atoms with van der Waals surface area (Å²) in [4.78, 5) is 9.50. The number of anilines is 2. The first-order chi connectivity index (χ1) is 9.88. The molecule has 1 saturated carbocycles. The summed E-state index contributed by atoms with van der Waals surface area (Å²) in [5.74, 6) is 1.79. The van der Waals surface area contributed by atoms with E-state index in [4.69, 9.17) is 9.97 Å². The molecule has 3 N–H and O–H groups in total. The number of aromatic nitrogens is 2. The molecule has 0 bridgehead atoms. The Morgan fingerprint density at radius 1 is 0.900 bits per heavy atom. The highest BCUT2D eigenvalue weighted by Gasteiger charge is 2.24. The average Bonchev–Trinajstić information content (AvgIpc) is 3.13. The van der Waals surface area contributed by atoms with Gasteiger partial charge in [0.15, 0.2) is 11.6 Å². The molecule has 0 unspecified atom stereocenters. The Morgan fingerprint density at radius 3 is 2.10 bits per heavy atom. The molecule has 2 aromatic rings. The van der Waals surface area contributed by atoms with E-state index in [9.17, 15) is 0 Å². The van der Waals surface area contributed by atoms with Crippen LogP contribution < -0.4 is 16.0 Å². The Balaban J connectivity index is 1.69. The molecular weight excluding hydrogens is 250 g/mol. The zero-order valence-electron chi connectivity index (χ0n) is 11.4. The number of benzene rings is 1. The van der Waals surface area contributed by atoms with Crippen LogP contribution in [0.25, 0.3) is 11.0 Å². The number of nitrogens with zero attached hydrogens (tertiary/aromatic N) is 2. The summed E-state index contributed by atoms with van der Waals surface area (Å²) >= 11 is 0. The van der Waals surface area contributed by atoms with E-state index >= 15 is 0 Å². The van der Waals surface area contributed by atoms with Gasteiger partial charge in [-0.3, -0.25) is 0 Å². The maximum atomic E-state index is 4.76. The highest BCUT2D eigenvalue weighted by atomic mass is 15.2. The fraction of sp³-hybridized carbons (Fsp3) is 0.467. The smallest absolute Gasteiger partial charge is 0.170 e. The van der Waals surface area contributed by atoms with Crippen LogP contribution in [0, 0.1) is 0 Å². The van der Waals surface area contributed by atoms with Crippen molar-refractivity contribution >= 4 is 22.7 Å². The largest absolute Gasteiger partial charge is 0.364 e. The van der Waals surface area contributed by atoms with Gasteiger partial charge in [-0.25, -0.2) is 9.97 Å². The first-order valence-corrected chi connectivity index (χ1v) is 7.39. The van der Waals surface area contributed by atoms with E-state index in [0.717, 1.165) is 42.2 Å². The molecule has 1 aromatic heterocycles. The van der Waals surface area contributed by atoms with E-state index in [1.54, 1.807) is 0 Å². The van der Waals surface area contributed by atoms with Crippen molar-refractivity contribution in [2.45, 2.75) is 31.3 Å². The van der Waals surface area contributed by atoms with E-state index in [0.29, 0.717) is 12.1 Å². The van der Waals surface area contributed by atoms with Crippen LogP contribution in [0.3, 0.4) is 0 Å². The topological polar surface area (TPSA) is 61.9 Å². The number of rotatable bonds is 4. The molecule has 0 spiro atoms. The molecule has 5 nitrogen and oxygen atoms in total. The van der Waals surface area contributed by atoms with Gasteiger partial charge >= 0.3 is 0 Å². The van der Waals surface area contributed by atoms with Crippen LogP contribution in [0.15, 0.2) is 24.3 Å². The van der Waals surface area contributed by atoms with Gasteiger partial charge in [0.1, 0.15) is 0 Å². The van der Waals surface area contributed by atoms with Crippen LogP contribution in [-0.4, -0.2) is 35.1 Å². The third-order valence-electron chi connectivity index (χ3n) is 3.89. The van der Waals surface area contributed by atoms with Crippen molar-refractivity contribution in [3.8, 4) is 0 Å². The summed E-state index contributed by atoms with van der Waals surface area (Å²) in [6, 6.07) is 9.07. The fourth-order valence-electron chi connectivity index (χ4n) is 2.59. The van der Waals surface area contributed by atoms with Gasteiger partial charge in [0.25, 0.3) is 0 Å². The van der Waals surface area contributed by atoms with Crippen molar-refractivity contribution < 1.29 is 0 Å². The summed E-state index contributed by atoms with van der Waals surface area (Å²) in [6.07, 6.45) is 3.61. The first kappa shape index (κ1) is 11.9. The predicted molar refractivity (Wildman–Crippen MR) is 81.1 cm³/mol. The van der Waals surface area contributed by atoms with Gasteiger partial charge in [-0.15, -0.1) is 0 Å². The lowest BCUT2D eigenvalue weighted by atomic mass is 10.2. The first-order valence-electron chi connectivity index (χ1n) is 7.39. The van der Waals surface area contributed by atoms with Gasteiger partial charge in [0.05, 0.1) is 11.0 Å². The van der Waals surface area contributed by atoms with Gasteiger partial charge in [-0.05, 0) is 37.9 Å². The lowest BCUT2D eigenvalue weighted by Gasteiger charge is -2.16. The highest BCUT2D eigenvalue weighted by Crippen LogP contribution is 2.29. The third-order valence-corrected chi connectivity index (χ3v) is 3.89. The molecule has 2 aliphatic rings. The molecule has 1 aliphatic heterocycles.